The molecule has 1 N–H and O–H groups in total. The lowest BCUT2D eigenvalue weighted by Crippen LogP contribution is -2.23. The van der Waals surface area contributed by atoms with Gasteiger partial charge in [0.2, 0.25) is 0 Å². The molecule has 3 nitrogen and oxygen atoms in total. The Morgan fingerprint density at radius 1 is 1.33 bits per heavy atom. The minimum atomic E-state index is 0.171. The van der Waals surface area contributed by atoms with Crippen molar-refractivity contribution in [3.63, 3.8) is 0 Å². The second-order valence-corrected chi connectivity index (χ2v) is 6.63. The van der Waals surface area contributed by atoms with Crippen molar-refractivity contribution >= 4 is 11.3 Å². The zero-order valence-corrected chi connectivity index (χ0v) is 13.5. The highest BCUT2D eigenvalue weighted by Crippen LogP contribution is 2.29. The number of ether oxygens (including phenoxy) is 1. The predicted octanol–water partition coefficient (Wildman–Crippen LogP) is 4.08. The van der Waals surface area contributed by atoms with Gasteiger partial charge in [-0.1, -0.05) is 19.1 Å². The zero-order chi connectivity index (χ0) is 14.7. The van der Waals surface area contributed by atoms with Gasteiger partial charge in [-0.25, -0.2) is 4.98 Å². The van der Waals surface area contributed by atoms with E-state index in [0.717, 1.165) is 29.4 Å². The second kappa shape index (κ2) is 6.58. The highest BCUT2D eigenvalue weighted by atomic mass is 32.1. The molecule has 1 fully saturated rings. The van der Waals surface area contributed by atoms with Crippen molar-refractivity contribution in [1.29, 1.82) is 0 Å². The molecule has 1 heterocycles. The highest BCUT2D eigenvalue weighted by molar-refractivity contribution is 7.09. The highest BCUT2D eigenvalue weighted by Gasteiger charge is 2.23. The third-order valence-corrected chi connectivity index (χ3v) is 4.36. The van der Waals surface area contributed by atoms with E-state index in [1.807, 2.05) is 0 Å². The van der Waals surface area contributed by atoms with E-state index in [4.69, 9.17) is 4.74 Å². The first-order valence-corrected chi connectivity index (χ1v) is 8.56. The van der Waals surface area contributed by atoms with Crippen molar-refractivity contribution in [3.8, 4) is 5.75 Å². The summed E-state index contributed by atoms with van der Waals surface area (Å²) in [6.07, 6.45) is 3.95. The number of rotatable bonds is 7. The summed E-state index contributed by atoms with van der Waals surface area (Å²) >= 11 is 1.70. The van der Waals surface area contributed by atoms with Crippen molar-refractivity contribution in [2.45, 2.75) is 45.3 Å². The minimum absolute atomic E-state index is 0.171. The summed E-state index contributed by atoms with van der Waals surface area (Å²) < 4.78 is 5.82. The zero-order valence-electron chi connectivity index (χ0n) is 12.6. The van der Waals surface area contributed by atoms with Gasteiger partial charge in [0.25, 0.3) is 0 Å². The van der Waals surface area contributed by atoms with Crippen molar-refractivity contribution in [2.75, 3.05) is 6.54 Å². The Morgan fingerprint density at radius 3 is 2.67 bits per heavy atom. The fourth-order valence-corrected chi connectivity index (χ4v) is 2.95. The van der Waals surface area contributed by atoms with Crippen LogP contribution in [0.5, 0.6) is 5.75 Å². The third kappa shape index (κ3) is 3.83. The average molecular weight is 302 g/mol. The van der Waals surface area contributed by atoms with E-state index in [1.54, 1.807) is 11.3 Å². The molecule has 112 valence electrons. The van der Waals surface area contributed by atoms with Crippen LogP contribution in [0.25, 0.3) is 0 Å². The summed E-state index contributed by atoms with van der Waals surface area (Å²) in [5, 5.41) is 6.85. The first-order chi connectivity index (χ1) is 10.3. The molecule has 1 aromatic heterocycles. The van der Waals surface area contributed by atoms with Crippen LogP contribution in [0.2, 0.25) is 0 Å². The number of hydrogen-bond donors (Lipinski definition) is 1. The number of nitrogens with zero attached hydrogens (tertiary/aromatic N) is 1. The molecule has 4 heteroatoms. The standard InChI is InChI=1S/C17H22N2OS/c1-3-10-18-17(16-11-21-12(2)19-16)13-4-6-14(7-5-13)20-15-8-9-15/h4-7,11,15,17-18H,3,8-10H2,1-2H3. The summed E-state index contributed by atoms with van der Waals surface area (Å²) in [4.78, 5) is 4.65. The van der Waals surface area contributed by atoms with Gasteiger partial charge in [0.15, 0.2) is 0 Å². The van der Waals surface area contributed by atoms with Crippen LogP contribution in [0.15, 0.2) is 29.6 Å². The van der Waals surface area contributed by atoms with Crippen LogP contribution < -0.4 is 10.1 Å². The Balaban J connectivity index is 1.77. The monoisotopic (exact) mass is 302 g/mol. The number of hydrogen-bond acceptors (Lipinski definition) is 4. The quantitative estimate of drug-likeness (QED) is 0.836. The van der Waals surface area contributed by atoms with E-state index < -0.39 is 0 Å². The summed E-state index contributed by atoms with van der Waals surface area (Å²) in [5.74, 6) is 0.977. The van der Waals surface area contributed by atoms with Gasteiger partial charge in [-0.05, 0) is 50.4 Å². The van der Waals surface area contributed by atoms with E-state index >= 15 is 0 Å². The molecule has 2 aromatic rings. The molecular weight excluding hydrogens is 280 g/mol. The lowest BCUT2D eigenvalue weighted by atomic mass is 10.0. The van der Waals surface area contributed by atoms with Gasteiger partial charge in [0.05, 0.1) is 22.8 Å². The predicted molar refractivity (Wildman–Crippen MR) is 87.1 cm³/mol. The van der Waals surface area contributed by atoms with Gasteiger partial charge in [-0.15, -0.1) is 11.3 Å². The molecule has 0 spiro atoms. The number of thiazole rings is 1. The summed E-state index contributed by atoms with van der Waals surface area (Å²) in [7, 11) is 0. The minimum Gasteiger partial charge on any atom is -0.490 e. The lowest BCUT2D eigenvalue weighted by molar-refractivity contribution is 0.303. The van der Waals surface area contributed by atoms with Crippen molar-refractivity contribution < 1.29 is 4.74 Å². The summed E-state index contributed by atoms with van der Waals surface area (Å²) in [6.45, 7) is 5.22. The van der Waals surface area contributed by atoms with Crippen LogP contribution in [0.4, 0.5) is 0 Å². The Hall–Kier alpha value is -1.39. The molecule has 1 atom stereocenters. The van der Waals surface area contributed by atoms with E-state index in [0.29, 0.717) is 6.10 Å². The molecule has 21 heavy (non-hydrogen) atoms. The molecule has 3 rings (SSSR count). The first-order valence-electron chi connectivity index (χ1n) is 7.68. The van der Waals surface area contributed by atoms with Crippen LogP contribution >= 0.6 is 11.3 Å². The fraction of sp³-hybridized carbons (Fsp3) is 0.471. The Labute approximate surface area is 130 Å². The third-order valence-electron chi connectivity index (χ3n) is 3.57. The normalized spacial score (nSPS) is 15.9. The first kappa shape index (κ1) is 14.5. The van der Waals surface area contributed by atoms with Gasteiger partial charge in [0.1, 0.15) is 5.75 Å². The van der Waals surface area contributed by atoms with Gasteiger partial charge < -0.3 is 10.1 Å². The van der Waals surface area contributed by atoms with Crippen LogP contribution in [0.3, 0.4) is 0 Å². The van der Waals surface area contributed by atoms with Gasteiger partial charge in [-0.3, -0.25) is 0 Å². The molecule has 0 aliphatic heterocycles. The Bertz CT molecular complexity index is 575. The second-order valence-electron chi connectivity index (χ2n) is 5.56. The molecule has 1 saturated carbocycles. The molecule has 1 aliphatic rings. The number of aromatic nitrogens is 1. The van der Waals surface area contributed by atoms with Crippen LogP contribution in [0.1, 0.15) is 48.5 Å². The topological polar surface area (TPSA) is 34.1 Å². The maximum Gasteiger partial charge on any atom is 0.119 e. The molecule has 0 saturated heterocycles. The van der Waals surface area contributed by atoms with Crippen LogP contribution in [-0.2, 0) is 0 Å². The molecular formula is C17H22N2OS. The number of benzene rings is 1. The summed E-state index contributed by atoms with van der Waals surface area (Å²) in [6, 6.07) is 8.63. The van der Waals surface area contributed by atoms with Gasteiger partial charge in [-0.2, -0.15) is 0 Å². The molecule has 0 radical (unpaired) electrons. The fourth-order valence-electron chi connectivity index (χ4n) is 2.31. The molecule has 1 aromatic carbocycles. The van der Waals surface area contributed by atoms with Crippen molar-refractivity contribution in [1.82, 2.24) is 10.3 Å². The maximum absolute atomic E-state index is 5.82. The van der Waals surface area contributed by atoms with E-state index in [1.165, 1.54) is 18.4 Å². The number of nitrogens with one attached hydrogen (secondary N) is 1. The van der Waals surface area contributed by atoms with Gasteiger partial charge >= 0.3 is 0 Å². The Morgan fingerprint density at radius 2 is 2.10 bits per heavy atom. The van der Waals surface area contributed by atoms with Crippen molar-refractivity contribution in [2.24, 2.45) is 0 Å². The lowest BCUT2D eigenvalue weighted by Gasteiger charge is -2.17. The van der Waals surface area contributed by atoms with Crippen LogP contribution in [0, 0.1) is 6.92 Å². The molecule has 0 bridgehead atoms. The number of aryl methyl sites for hydroxylation is 1. The Kier molecular flexibility index (Phi) is 4.56. The molecule has 1 aliphatic carbocycles. The SMILES string of the molecule is CCCNC(c1ccc(OC2CC2)cc1)c1csc(C)n1. The van der Waals surface area contributed by atoms with E-state index in [9.17, 15) is 0 Å². The molecule has 1 unspecified atom stereocenters. The van der Waals surface area contributed by atoms with E-state index in [-0.39, 0.29) is 6.04 Å². The summed E-state index contributed by atoms with van der Waals surface area (Å²) in [5.41, 5.74) is 2.36. The maximum atomic E-state index is 5.82. The van der Waals surface area contributed by atoms with Crippen molar-refractivity contribution in [3.05, 3.63) is 45.9 Å². The smallest absolute Gasteiger partial charge is 0.119 e. The molecule has 0 amide bonds. The van der Waals surface area contributed by atoms with Crippen LogP contribution in [-0.4, -0.2) is 17.6 Å². The van der Waals surface area contributed by atoms with Gasteiger partial charge in [0, 0.05) is 5.38 Å². The average Bonchev–Trinajstić information content (AvgIpc) is 3.21. The van der Waals surface area contributed by atoms with E-state index in [2.05, 4.69) is 53.8 Å². The largest absolute Gasteiger partial charge is 0.490 e.